The van der Waals surface area contributed by atoms with Crippen LogP contribution in [-0.2, 0) is 14.3 Å². The lowest BCUT2D eigenvalue weighted by Gasteiger charge is -2.13. The molecule has 7 nitrogen and oxygen atoms in total. The molecule has 0 radical (unpaired) electrons. The Balaban J connectivity index is 2.37. The highest BCUT2D eigenvalue weighted by Crippen LogP contribution is 2.10. The minimum absolute atomic E-state index is 0.0289. The number of esters is 1. The quantitative estimate of drug-likeness (QED) is 0.639. The highest BCUT2D eigenvalue weighted by Gasteiger charge is 2.16. The normalized spacial score (nSPS) is 11.4. The van der Waals surface area contributed by atoms with Crippen molar-refractivity contribution in [3.05, 3.63) is 29.8 Å². The number of hydrogen-bond donors (Lipinski definition) is 3. The molecule has 3 N–H and O–H groups in total. The van der Waals surface area contributed by atoms with Crippen molar-refractivity contribution in [2.45, 2.75) is 26.3 Å². The Morgan fingerprint density at radius 1 is 1.23 bits per heavy atom. The Morgan fingerprint density at radius 3 is 2.45 bits per heavy atom. The molecule has 0 aromatic heterocycles. The van der Waals surface area contributed by atoms with E-state index in [4.69, 9.17) is 9.84 Å². The molecular weight excluding hydrogens is 288 g/mol. The SMILES string of the molecule is CCCNC(=O)[C@H](C)NC(=O)COC(=O)c1ccc(O)cc1. The highest BCUT2D eigenvalue weighted by atomic mass is 16.5. The first-order valence-electron chi connectivity index (χ1n) is 6.97. The maximum absolute atomic E-state index is 11.7. The lowest BCUT2D eigenvalue weighted by atomic mass is 10.2. The van der Waals surface area contributed by atoms with Gasteiger partial charge < -0.3 is 20.5 Å². The van der Waals surface area contributed by atoms with Crippen LogP contribution in [0.2, 0.25) is 0 Å². The van der Waals surface area contributed by atoms with Crippen molar-refractivity contribution in [3.63, 3.8) is 0 Å². The molecule has 0 fully saturated rings. The van der Waals surface area contributed by atoms with Crippen molar-refractivity contribution < 1.29 is 24.2 Å². The zero-order valence-electron chi connectivity index (χ0n) is 12.6. The number of amides is 2. The monoisotopic (exact) mass is 308 g/mol. The van der Waals surface area contributed by atoms with Gasteiger partial charge in [-0.25, -0.2) is 4.79 Å². The van der Waals surface area contributed by atoms with Gasteiger partial charge in [0.2, 0.25) is 5.91 Å². The summed E-state index contributed by atoms with van der Waals surface area (Å²) in [7, 11) is 0. The van der Waals surface area contributed by atoms with Gasteiger partial charge in [0.15, 0.2) is 6.61 Å². The second-order valence-corrected chi connectivity index (χ2v) is 4.70. The summed E-state index contributed by atoms with van der Waals surface area (Å²) in [4.78, 5) is 34.8. The number of hydrogen-bond acceptors (Lipinski definition) is 5. The minimum Gasteiger partial charge on any atom is -0.508 e. The number of ether oxygens (including phenoxy) is 1. The number of nitrogens with one attached hydrogen (secondary N) is 2. The van der Waals surface area contributed by atoms with Crippen molar-refractivity contribution >= 4 is 17.8 Å². The van der Waals surface area contributed by atoms with Gasteiger partial charge >= 0.3 is 5.97 Å². The fourth-order valence-electron chi connectivity index (χ4n) is 1.56. The molecule has 1 atom stereocenters. The number of carbonyl (C=O) groups is 3. The first-order chi connectivity index (χ1) is 10.4. The van der Waals surface area contributed by atoms with Crippen molar-refractivity contribution in [3.8, 4) is 5.75 Å². The largest absolute Gasteiger partial charge is 0.508 e. The van der Waals surface area contributed by atoms with Gasteiger partial charge in [-0.15, -0.1) is 0 Å². The maximum atomic E-state index is 11.7. The van der Waals surface area contributed by atoms with Gasteiger partial charge in [-0.1, -0.05) is 6.92 Å². The first kappa shape index (κ1) is 17.5. The fraction of sp³-hybridized carbons (Fsp3) is 0.400. The molecular formula is C15H20N2O5. The predicted molar refractivity (Wildman–Crippen MR) is 79.3 cm³/mol. The summed E-state index contributed by atoms with van der Waals surface area (Å²) in [6.45, 7) is 3.52. The van der Waals surface area contributed by atoms with Gasteiger partial charge in [0.25, 0.3) is 5.91 Å². The molecule has 7 heteroatoms. The number of rotatable bonds is 7. The van der Waals surface area contributed by atoms with E-state index in [0.29, 0.717) is 6.54 Å². The van der Waals surface area contributed by atoms with Crippen LogP contribution in [0.5, 0.6) is 5.75 Å². The predicted octanol–water partition coefficient (Wildman–Crippen LogP) is 0.580. The number of aromatic hydroxyl groups is 1. The molecule has 0 saturated carbocycles. The summed E-state index contributed by atoms with van der Waals surface area (Å²) in [5.41, 5.74) is 0.222. The lowest BCUT2D eigenvalue weighted by molar-refractivity contribution is -0.130. The van der Waals surface area contributed by atoms with Gasteiger partial charge in [0.05, 0.1) is 5.56 Å². The zero-order chi connectivity index (χ0) is 16.5. The Bertz CT molecular complexity index is 527. The average molecular weight is 308 g/mol. The van der Waals surface area contributed by atoms with Crippen LogP contribution < -0.4 is 10.6 Å². The molecule has 0 spiro atoms. The number of phenolic OH excluding ortho intramolecular Hbond substituents is 1. The van der Waals surface area contributed by atoms with E-state index in [9.17, 15) is 14.4 Å². The molecule has 0 heterocycles. The van der Waals surface area contributed by atoms with E-state index >= 15 is 0 Å². The third-order valence-electron chi connectivity index (χ3n) is 2.76. The van der Waals surface area contributed by atoms with Gasteiger partial charge in [0, 0.05) is 6.54 Å². The summed E-state index contributed by atoms with van der Waals surface area (Å²) in [6.07, 6.45) is 0.802. The first-order valence-corrected chi connectivity index (χ1v) is 6.97. The molecule has 0 aliphatic carbocycles. The zero-order valence-corrected chi connectivity index (χ0v) is 12.6. The van der Waals surface area contributed by atoms with Crippen LogP contribution in [0.4, 0.5) is 0 Å². The van der Waals surface area contributed by atoms with E-state index in [1.54, 1.807) is 6.92 Å². The Morgan fingerprint density at radius 2 is 1.86 bits per heavy atom. The van der Waals surface area contributed by atoms with Crippen LogP contribution in [-0.4, -0.2) is 42.1 Å². The van der Waals surface area contributed by atoms with E-state index in [1.165, 1.54) is 24.3 Å². The third-order valence-corrected chi connectivity index (χ3v) is 2.76. The third kappa shape index (κ3) is 5.82. The molecule has 0 unspecified atom stereocenters. The Labute approximate surface area is 128 Å². The van der Waals surface area contributed by atoms with Crippen LogP contribution in [0.1, 0.15) is 30.6 Å². The summed E-state index contributed by atoms with van der Waals surface area (Å²) < 4.78 is 4.83. The molecule has 1 aromatic rings. The molecule has 1 rings (SSSR count). The smallest absolute Gasteiger partial charge is 0.338 e. The van der Waals surface area contributed by atoms with Crippen LogP contribution >= 0.6 is 0 Å². The minimum atomic E-state index is -0.702. The summed E-state index contributed by atoms with van der Waals surface area (Å²) in [6, 6.07) is 4.76. The lowest BCUT2D eigenvalue weighted by Crippen LogP contribution is -2.46. The van der Waals surface area contributed by atoms with Crippen LogP contribution in [0.15, 0.2) is 24.3 Å². The number of carbonyl (C=O) groups excluding carboxylic acids is 3. The van der Waals surface area contributed by atoms with E-state index in [0.717, 1.165) is 6.42 Å². The van der Waals surface area contributed by atoms with Crippen LogP contribution in [0.25, 0.3) is 0 Å². The van der Waals surface area contributed by atoms with Crippen LogP contribution in [0, 0.1) is 0 Å². The summed E-state index contributed by atoms with van der Waals surface area (Å²) >= 11 is 0. The molecule has 0 saturated heterocycles. The summed E-state index contributed by atoms with van der Waals surface area (Å²) in [5.74, 6) is -1.51. The Hall–Kier alpha value is -2.57. The van der Waals surface area contributed by atoms with Gasteiger partial charge in [-0.2, -0.15) is 0 Å². The molecule has 2 amide bonds. The second kappa shape index (κ2) is 8.66. The molecule has 0 aliphatic rings. The van der Waals surface area contributed by atoms with Gasteiger partial charge in [-0.3, -0.25) is 9.59 Å². The van der Waals surface area contributed by atoms with E-state index in [-0.39, 0.29) is 17.2 Å². The highest BCUT2D eigenvalue weighted by molar-refractivity contribution is 5.92. The van der Waals surface area contributed by atoms with E-state index in [1.807, 2.05) is 6.92 Å². The topological polar surface area (TPSA) is 105 Å². The summed E-state index contributed by atoms with van der Waals surface area (Å²) in [5, 5.41) is 14.2. The van der Waals surface area contributed by atoms with Gasteiger partial charge in [-0.05, 0) is 37.6 Å². The maximum Gasteiger partial charge on any atom is 0.338 e. The molecule has 120 valence electrons. The molecule has 1 aromatic carbocycles. The second-order valence-electron chi connectivity index (χ2n) is 4.70. The molecule has 22 heavy (non-hydrogen) atoms. The Kier molecular flexibility index (Phi) is 6.88. The van der Waals surface area contributed by atoms with Crippen molar-refractivity contribution in [2.24, 2.45) is 0 Å². The van der Waals surface area contributed by atoms with Crippen molar-refractivity contribution in [1.82, 2.24) is 10.6 Å². The van der Waals surface area contributed by atoms with Crippen LogP contribution in [0.3, 0.4) is 0 Å². The molecule has 0 aliphatic heterocycles. The van der Waals surface area contributed by atoms with Gasteiger partial charge in [0.1, 0.15) is 11.8 Å². The standard InChI is InChI=1S/C15H20N2O5/c1-3-8-16-14(20)10(2)17-13(19)9-22-15(21)11-4-6-12(18)7-5-11/h4-7,10,18H,3,8-9H2,1-2H3,(H,16,20)(H,17,19)/t10-/m0/s1. The van der Waals surface area contributed by atoms with E-state index in [2.05, 4.69) is 10.6 Å². The van der Waals surface area contributed by atoms with Crippen molar-refractivity contribution in [1.29, 1.82) is 0 Å². The fourth-order valence-corrected chi connectivity index (χ4v) is 1.56. The number of benzene rings is 1. The van der Waals surface area contributed by atoms with E-state index < -0.39 is 24.5 Å². The average Bonchev–Trinajstić information content (AvgIpc) is 2.50. The molecule has 0 bridgehead atoms. The van der Waals surface area contributed by atoms with Crippen molar-refractivity contribution in [2.75, 3.05) is 13.2 Å². The number of phenols is 1.